The molecule has 1 saturated carbocycles. The third-order valence-electron chi connectivity index (χ3n) is 3.77. The Hall–Kier alpha value is -0.600. The van der Waals surface area contributed by atoms with E-state index >= 15 is 0 Å². The Morgan fingerprint density at radius 1 is 1.22 bits per heavy atom. The van der Waals surface area contributed by atoms with Crippen molar-refractivity contribution in [3.05, 3.63) is 34.6 Å². The summed E-state index contributed by atoms with van der Waals surface area (Å²) in [6.45, 7) is 1.81. The fourth-order valence-corrected chi connectivity index (χ4v) is 2.87. The van der Waals surface area contributed by atoms with Crippen molar-refractivity contribution in [2.75, 3.05) is 6.54 Å². The lowest BCUT2D eigenvalue weighted by Gasteiger charge is -2.21. The van der Waals surface area contributed by atoms with Gasteiger partial charge in [0.1, 0.15) is 5.82 Å². The second-order valence-corrected chi connectivity index (χ2v) is 5.63. The second-order valence-electron chi connectivity index (χ2n) is 5.22. The summed E-state index contributed by atoms with van der Waals surface area (Å²) in [6, 6.07) is 4.92. The van der Waals surface area contributed by atoms with Gasteiger partial charge in [-0.3, -0.25) is 0 Å². The van der Waals surface area contributed by atoms with E-state index in [4.69, 9.17) is 11.6 Å². The molecule has 1 aliphatic rings. The van der Waals surface area contributed by atoms with Crippen molar-refractivity contribution in [2.24, 2.45) is 5.92 Å². The van der Waals surface area contributed by atoms with Crippen molar-refractivity contribution in [2.45, 2.75) is 45.1 Å². The number of hydrogen-bond donors (Lipinski definition) is 1. The molecule has 18 heavy (non-hydrogen) atoms. The lowest BCUT2D eigenvalue weighted by Crippen LogP contribution is -2.19. The molecule has 1 aliphatic carbocycles. The summed E-state index contributed by atoms with van der Waals surface area (Å²) in [4.78, 5) is 0. The van der Waals surface area contributed by atoms with Gasteiger partial charge in [0, 0.05) is 6.54 Å². The van der Waals surface area contributed by atoms with E-state index in [1.165, 1.54) is 44.6 Å². The Morgan fingerprint density at radius 3 is 2.72 bits per heavy atom. The van der Waals surface area contributed by atoms with E-state index in [-0.39, 0.29) is 10.8 Å². The highest BCUT2D eigenvalue weighted by molar-refractivity contribution is 6.30. The first kappa shape index (κ1) is 13.8. The van der Waals surface area contributed by atoms with Crippen LogP contribution < -0.4 is 5.32 Å². The van der Waals surface area contributed by atoms with Crippen LogP contribution in [0.3, 0.4) is 0 Å². The summed E-state index contributed by atoms with van der Waals surface area (Å²) in [7, 11) is 0. The van der Waals surface area contributed by atoms with E-state index in [1.807, 2.05) is 0 Å². The molecule has 0 saturated heterocycles. The first-order valence-electron chi connectivity index (χ1n) is 6.90. The van der Waals surface area contributed by atoms with Gasteiger partial charge in [-0.1, -0.05) is 49.8 Å². The first-order valence-corrected chi connectivity index (χ1v) is 7.28. The number of rotatable bonds is 5. The van der Waals surface area contributed by atoms with Gasteiger partial charge in [-0.05, 0) is 36.6 Å². The Balaban J connectivity index is 1.66. The normalized spacial score (nSPS) is 17.0. The zero-order valence-corrected chi connectivity index (χ0v) is 11.5. The van der Waals surface area contributed by atoms with E-state index in [0.717, 1.165) is 24.6 Å². The van der Waals surface area contributed by atoms with Gasteiger partial charge in [-0.15, -0.1) is 0 Å². The quantitative estimate of drug-likeness (QED) is 0.774. The molecular weight excluding hydrogens is 249 g/mol. The Bertz CT molecular complexity index is 375. The Labute approximate surface area is 114 Å². The van der Waals surface area contributed by atoms with Crippen LogP contribution in [0, 0.1) is 11.7 Å². The number of hydrogen-bond acceptors (Lipinski definition) is 1. The zero-order chi connectivity index (χ0) is 12.8. The van der Waals surface area contributed by atoms with E-state index in [9.17, 15) is 4.39 Å². The zero-order valence-electron chi connectivity index (χ0n) is 10.7. The van der Waals surface area contributed by atoms with E-state index in [1.54, 1.807) is 12.1 Å². The molecular formula is C15H21ClFN. The molecule has 0 aliphatic heterocycles. The van der Waals surface area contributed by atoms with Gasteiger partial charge >= 0.3 is 0 Å². The van der Waals surface area contributed by atoms with Gasteiger partial charge in [0.05, 0.1) is 5.02 Å². The van der Waals surface area contributed by atoms with Crippen molar-refractivity contribution in [1.29, 1.82) is 0 Å². The van der Waals surface area contributed by atoms with Gasteiger partial charge in [0.25, 0.3) is 0 Å². The van der Waals surface area contributed by atoms with E-state index in [0.29, 0.717) is 0 Å². The number of halogens is 2. The van der Waals surface area contributed by atoms with Gasteiger partial charge in [-0.2, -0.15) is 0 Å². The molecule has 0 amide bonds. The van der Waals surface area contributed by atoms with Gasteiger partial charge in [0.15, 0.2) is 0 Å². The van der Waals surface area contributed by atoms with Crippen molar-refractivity contribution in [1.82, 2.24) is 5.32 Å². The van der Waals surface area contributed by atoms with Crippen LogP contribution in [0.4, 0.5) is 4.39 Å². The van der Waals surface area contributed by atoms with E-state index < -0.39 is 0 Å². The van der Waals surface area contributed by atoms with Crippen LogP contribution in [0.2, 0.25) is 5.02 Å². The van der Waals surface area contributed by atoms with Gasteiger partial charge in [-0.25, -0.2) is 4.39 Å². The minimum Gasteiger partial charge on any atom is -0.313 e. The molecule has 1 aromatic carbocycles. The minimum atomic E-state index is -0.345. The summed E-state index contributed by atoms with van der Waals surface area (Å²) in [5, 5.41) is 3.62. The monoisotopic (exact) mass is 269 g/mol. The predicted molar refractivity (Wildman–Crippen MR) is 74.3 cm³/mol. The predicted octanol–water partition coefficient (Wildman–Crippen LogP) is 4.54. The van der Waals surface area contributed by atoms with Crippen molar-refractivity contribution >= 4 is 11.6 Å². The molecule has 1 nitrogen and oxygen atoms in total. The third kappa shape index (κ3) is 4.25. The molecule has 0 unspecified atom stereocenters. The molecule has 1 N–H and O–H groups in total. The molecule has 100 valence electrons. The fraction of sp³-hybridized carbons (Fsp3) is 0.600. The van der Waals surface area contributed by atoms with E-state index in [2.05, 4.69) is 5.32 Å². The molecule has 3 heteroatoms. The van der Waals surface area contributed by atoms with Gasteiger partial charge in [0.2, 0.25) is 0 Å². The SMILES string of the molecule is Fc1ccc(CNCCC2CCCCC2)cc1Cl. The molecule has 1 aromatic rings. The molecule has 0 aromatic heterocycles. The number of nitrogens with one attached hydrogen (secondary N) is 1. The molecule has 0 atom stereocenters. The van der Waals surface area contributed by atoms with Crippen molar-refractivity contribution in [3.63, 3.8) is 0 Å². The fourth-order valence-electron chi connectivity index (χ4n) is 2.66. The molecule has 0 spiro atoms. The van der Waals surface area contributed by atoms with Gasteiger partial charge < -0.3 is 5.32 Å². The van der Waals surface area contributed by atoms with Crippen LogP contribution in [-0.4, -0.2) is 6.54 Å². The van der Waals surface area contributed by atoms with Crippen LogP contribution in [-0.2, 0) is 6.54 Å². The standard InChI is InChI=1S/C15H21ClFN/c16-14-10-13(6-7-15(14)17)11-18-9-8-12-4-2-1-3-5-12/h6-7,10,12,18H,1-5,8-9,11H2. The summed E-state index contributed by atoms with van der Waals surface area (Å²) >= 11 is 5.75. The highest BCUT2D eigenvalue weighted by Gasteiger charge is 2.12. The third-order valence-corrected chi connectivity index (χ3v) is 4.06. The maximum Gasteiger partial charge on any atom is 0.141 e. The highest BCUT2D eigenvalue weighted by Crippen LogP contribution is 2.25. The average molecular weight is 270 g/mol. The maximum atomic E-state index is 13.0. The largest absolute Gasteiger partial charge is 0.313 e. The Kier molecular flexibility index (Phi) is 5.45. The summed E-state index contributed by atoms with van der Waals surface area (Å²) in [6.07, 6.45) is 8.26. The number of benzene rings is 1. The molecule has 2 rings (SSSR count). The summed E-state index contributed by atoms with van der Waals surface area (Å²) in [5.41, 5.74) is 1.05. The lowest BCUT2D eigenvalue weighted by atomic mass is 9.87. The van der Waals surface area contributed by atoms with Crippen molar-refractivity contribution < 1.29 is 4.39 Å². The second kappa shape index (κ2) is 7.10. The molecule has 0 bridgehead atoms. The topological polar surface area (TPSA) is 12.0 Å². The molecule has 0 heterocycles. The van der Waals surface area contributed by atoms with Crippen LogP contribution in [0.1, 0.15) is 44.1 Å². The van der Waals surface area contributed by atoms with Crippen LogP contribution in [0.15, 0.2) is 18.2 Å². The average Bonchev–Trinajstić information content (AvgIpc) is 2.40. The van der Waals surface area contributed by atoms with Crippen molar-refractivity contribution in [3.8, 4) is 0 Å². The first-order chi connectivity index (χ1) is 8.75. The lowest BCUT2D eigenvalue weighted by molar-refractivity contribution is 0.334. The van der Waals surface area contributed by atoms with Crippen LogP contribution in [0.5, 0.6) is 0 Å². The maximum absolute atomic E-state index is 13.0. The summed E-state index contributed by atoms with van der Waals surface area (Å²) < 4.78 is 13.0. The molecule has 0 radical (unpaired) electrons. The highest BCUT2D eigenvalue weighted by atomic mass is 35.5. The minimum absolute atomic E-state index is 0.210. The summed E-state index contributed by atoms with van der Waals surface area (Å²) in [5.74, 6) is 0.561. The van der Waals surface area contributed by atoms with Crippen LogP contribution >= 0.6 is 11.6 Å². The smallest absolute Gasteiger partial charge is 0.141 e. The molecule has 1 fully saturated rings. The Morgan fingerprint density at radius 2 is 2.00 bits per heavy atom. The van der Waals surface area contributed by atoms with Crippen LogP contribution in [0.25, 0.3) is 0 Å².